The largest absolute Gasteiger partial charge is 0.506 e. The molecule has 0 aromatic carbocycles. The highest BCUT2D eigenvalue weighted by molar-refractivity contribution is 5.97. The van der Waals surface area contributed by atoms with Gasteiger partial charge >= 0.3 is 0 Å². The Kier molecular flexibility index (Phi) is 5.10. The first-order chi connectivity index (χ1) is 10.1. The number of morpholine rings is 1. The molecular formula is C14H19N3O4. The maximum Gasteiger partial charge on any atom is 0.256 e. The Balaban J connectivity index is 2.14. The van der Waals surface area contributed by atoms with Gasteiger partial charge in [-0.25, -0.2) is 0 Å². The van der Waals surface area contributed by atoms with Crippen molar-refractivity contribution in [2.75, 3.05) is 26.3 Å². The maximum atomic E-state index is 12.5. The fourth-order valence-electron chi connectivity index (χ4n) is 2.14. The molecule has 0 saturated carbocycles. The Morgan fingerprint density at radius 3 is 3.05 bits per heavy atom. The number of hydrogen-bond acceptors (Lipinski definition) is 5. The molecule has 114 valence electrons. The van der Waals surface area contributed by atoms with Crippen molar-refractivity contribution in [1.29, 1.82) is 0 Å². The molecule has 7 heteroatoms. The van der Waals surface area contributed by atoms with Crippen LogP contribution in [0.3, 0.4) is 0 Å². The number of aromatic nitrogens is 1. The van der Waals surface area contributed by atoms with E-state index in [2.05, 4.69) is 10.3 Å². The van der Waals surface area contributed by atoms with Crippen LogP contribution >= 0.6 is 0 Å². The van der Waals surface area contributed by atoms with Crippen LogP contribution in [0.4, 0.5) is 0 Å². The number of ether oxygens (including phenoxy) is 1. The minimum Gasteiger partial charge on any atom is -0.506 e. The molecule has 0 aliphatic carbocycles. The van der Waals surface area contributed by atoms with Crippen molar-refractivity contribution in [2.24, 2.45) is 0 Å². The highest BCUT2D eigenvalue weighted by atomic mass is 16.5. The van der Waals surface area contributed by atoms with Gasteiger partial charge in [0.05, 0.1) is 25.0 Å². The molecule has 0 spiro atoms. The number of amides is 2. The number of carbonyl (C=O) groups is 2. The molecule has 1 atom stereocenters. The summed E-state index contributed by atoms with van der Waals surface area (Å²) in [6.45, 7) is 3.41. The second kappa shape index (κ2) is 7.03. The normalized spacial score (nSPS) is 18.3. The van der Waals surface area contributed by atoms with E-state index in [0.29, 0.717) is 19.7 Å². The lowest BCUT2D eigenvalue weighted by Gasteiger charge is -2.34. The predicted molar refractivity (Wildman–Crippen MR) is 74.8 cm³/mol. The third kappa shape index (κ3) is 3.69. The van der Waals surface area contributed by atoms with Gasteiger partial charge in [0.2, 0.25) is 5.91 Å². The summed E-state index contributed by atoms with van der Waals surface area (Å²) in [5.41, 5.74) is 0.255. The standard InChI is InChI=1S/C14H19N3O4/c1-2-3-16-13(19)12-9-21-5-4-17(12)14(20)10-6-11(18)8-15-7-10/h6-8,12,18H,2-5,9H2,1H3,(H,16,19). The Morgan fingerprint density at radius 1 is 1.52 bits per heavy atom. The molecule has 2 heterocycles. The third-order valence-electron chi connectivity index (χ3n) is 3.21. The summed E-state index contributed by atoms with van der Waals surface area (Å²) in [6, 6.07) is 0.686. The van der Waals surface area contributed by atoms with Gasteiger partial charge in [-0.1, -0.05) is 6.92 Å². The smallest absolute Gasteiger partial charge is 0.256 e. The lowest BCUT2D eigenvalue weighted by atomic mass is 10.1. The van der Waals surface area contributed by atoms with Gasteiger partial charge in [-0.3, -0.25) is 14.6 Å². The molecule has 21 heavy (non-hydrogen) atoms. The van der Waals surface area contributed by atoms with Gasteiger partial charge in [-0.2, -0.15) is 0 Å². The topological polar surface area (TPSA) is 91.8 Å². The number of rotatable bonds is 4. The molecule has 0 radical (unpaired) electrons. The van der Waals surface area contributed by atoms with E-state index in [0.717, 1.165) is 6.42 Å². The Labute approximate surface area is 122 Å². The first-order valence-electron chi connectivity index (χ1n) is 6.94. The number of carbonyl (C=O) groups excluding carboxylic acids is 2. The highest BCUT2D eigenvalue weighted by Crippen LogP contribution is 2.15. The molecule has 1 fully saturated rings. The number of pyridine rings is 1. The van der Waals surface area contributed by atoms with Crippen LogP contribution in [-0.2, 0) is 9.53 Å². The molecule has 1 aromatic heterocycles. The molecule has 0 bridgehead atoms. The second-order valence-corrected chi connectivity index (χ2v) is 4.81. The minimum atomic E-state index is -0.653. The Bertz CT molecular complexity index is 521. The van der Waals surface area contributed by atoms with Crippen molar-refractivity contribution in [3.05, 3.63) is 24.0 Å². The lowest BCUT2D eigenvalue weighted by Crippen LogP contribution is -2.56. The van der Waals surface area contributed by atoms with Crippen molar-refractivity contribution < 1.29 is 19.4 Å². The minimum absolute atomic E-state index is 0.0823. The van der Waals surface area contributed by atoms with E-state index < -0.39 is 6.04 Å². The highest BCUT2D eigenvalue weighted by Gasteiger charge is 2.33. The molecule has 2 amide bonds. The molecular weight excluding hydrogens is 274 g/mol. The summed E-state index contributed by atoms with van der Waals surface area (Å²) in [5.74, 6) is -0.641. The van der Waals surface area contributed by atoms with Gasteiger partial charge in [0, 0.05) is 19.3 Å². The number of nitrogens with zero attached hydrogens (tertiary/aromatic N) is 2. The van der Waals surface area contributed by atoms with Gasteiger partial charge in [-0.15, -0.1) is 0 Å². The second-order valence-electron chi connectivity index (χ2n) is 4.81. The molecule has 1 aromatic rings. The van der Waals surface area contributed by atoms with Crippen LogP contribution in [0, 0.1) is 0 Å². The number of aromatic hydroxyl groups is 1. The summed E-state index contributed by atoms with van der Waals surface area (Å²) >= 11 is 0. The third-order valence-corrected chi connectivity index (χ3v) is 3.21. The van der Waals surface area contributed by atoms with Crippen LogP contribution in [0.25, 0.3) is 0 Å². The van der Waals surface area contributed by atoms with E-state index in [4.69, 9.17) is 4.74 Å². The van der Waals surface area contributed by atoms with Gasteiger partial charge in [-0.05, 0) is 12.5 Å². The van der Waals surface area contributed by atoms with Crippen LogP contribution in [0.1, 0.15) is 23.7 Å². The molecule has 1 aliphatic rings. The van der Waals surface area contributed by atoms with Crippen LogP contribution in [0.15, 0.2) is 18.5 Å². The van der Waals surface area contributed by atoms with Crippen molar-refractivity contribution in [3.8, 4) is 5.75 Å². The summed E-state index contributed by atoms with van der Waals surface area (Å²) in [5, 5.41) is 12.2. The first-order valence-corrected chi connectivity index (χ1v) is 6.94. The van der Waals surface area contributed by atoms with Crippen molar-refractivity contribution in [1.82, 2.24) is 15.2 Å². The van der Waals surface area contributed by atoms with E-state index in [9.17, 15) is 14.7 Å². The van der Waals surface area contributed by atoms with E-state index in [1.54, 1.807) is 0 Å². The first kappa shape index (κ1) is 15.2. The van der Waals surface area contributed by atoms with Crippen LogP contribution in [-0.4, -0.2) is 59.1 Å². The van der Waals surface area contributed by atoms with E-state index in [1.165, 1.54) is 23.4 Å². The molecule has 1 aliphatic heterocycles. The average molecular weight is 293 g/mol. The Morgan fingerprint density at radius 2 is 2.33 bits per heavy atom. The number of hydrogen-bond donors (Lipinski definition) is 2. The van der Waals surface area contributed by atoms with E-state index in [-0.39, 0.29) is 29.7 Å². The van der Waals surface area contributed by atoms with Gasteiger partial charge in [0.15, 0.2) is 0 Å². The van der Waals surface area contributed by atoms with Crippen LogP contribution in [0.5, 0.6) is 5.75 Å². The van der Waals surface area contributed by atoms with Gasteiger partial charge in [0.25, 0.3) is 5.91 Å². The molecule has 2 rings (SSSR count). The molecule has 1 unspecified atom stereocenters. The quantitative estimate of drug-likeness (QED) is 0.825. The fourth-order valence-corrected chi connectivity index (χ4v) is 2.14. The zero-order chi connectivity index (χ0) is 15.2. The molecule has 1 saturated heterocycles. The van der Waals surface area contributed by atoms with Gasteiger partial charge in [0.1, 0.15) is 11.8 Å². The monoisotopic (exact) mass is 293 g/mol. The van der Waals surface area contributed by atoms with Crippen molar-refractivity contribution >= 4 is 11.8 Å². The average Bonchev–Trinajstić information content (AvgIpc) is 2.52. The SMILES string of the molecule is CCCNC(=O)C1COCCN1C(=O)c1cncc(O)c1. The Hall–Kier alpha value is -2.15. The zero-order valence-electron chi connectivity index (χ0n) is 11.9. The van der Waals surface area contributed by atoms with Crippen LogP contribution < -0.4 is 5.32 Å². The molecule has 2 N–H and O–H groups in total. The summed E-state index contributed by atoms with van der Waals surface area (Å²) < 4.78 is 5.30. The number of nitrogens with one attached hydrogen (secondary N) is 1. The fraction of sp³-hybridized carbons (Fsp3) is 0.500. The lowest BCUT2D eigenvalue weighted by molar-refractivity contribution is -0.130. The zero-order valence-corrected chi connectivity index (χ0v) is 11.9. The summed E-state index contributed by atoms with van der Waals surface area (Å²) in [7, 11) is 0. The van der Waals surface area contributed by atoms with Crippen molar-refractivity contribution in [2.45, 2.75) is 19.4 Å². The van der Waals surface area contributed by atoms with Crippen LogP contribution in [0.2, 0.25) is 0 Å². The van der Waals surface area contributed by atoms with Crippen molar-refractivity contribution in [3.63, 3.8) is 0 Å². The maximum absolute atomic E-state index is 12.5. The predicted octanol–water partition coefficient (Wildman–Crippen LogP) is 0.154. The van der Waals surface area contributed by atoms with E-state index >= 15 is 0 Å². The van der Waals surface area contributed by atoms with E-state index in [1.807, 2.05) is 6.92 Å². The summed E-state index contributed by atoms with van der Waals surface area (Å²) in [4.78, 5) is 29.9. The molecule has 7 nitrogen and oxygen atoms in total. The van der Waals surface area contributed by atoms with Gasteiger partial charge < -0.3 is 20.1 Å². The summed E-state index contributed by atoms with van der Waals surface area (Å²) in [6.07, 6.45) is 3.45.